The molecule has 0 radical (unpaired) electrons. The number of rotatable bonds is 8. The predicted molar refractivity (Wildman–Crippen MR) is 218 cm³/mol. The predicted octanol–water partition coefficient (Wildman–Crippen LogP) is 5.82. The first kappa shape index (κ1) is 48.4. The molecular formula is C43H31CrN6Na2O8S+. The first-order valence-electron chi connectivity index (χ1n) is 17.3. The van der Waals surface area contributed by atoms with Gasteiger partial charge in [0.1, 0.15) is 61.6 Å². The molecule has 61 heavy (non-hydrogen) atoms. The van der Waals surface area contributed by atoms with Crippen LogP contribution in [0.15, 0.2) is 181 Å². The number of aromatic hydroxyl groups is 4. The topological polar surface area (TPSA) is 222 Å². The fourth-order valence-corrected chi connectivity index (χ4v) is 6.65. The van der Waals surface area contributed by atoms with E-state index >= 15 is 0 Å². The van der Waals surface area contributed by atoms with E-state index in [1.807, 2.05) is 36.4 Å². The van der Waals surface area contributed by atoms with Crippen LogP contribution in [-0.4, -0.2) is 40.5 Å². The van der Waals surface area contributed by atoms with Crippen LogP contribution in [0.4, 0.5) is 34.1 Å². The fraction of sp³-hybridized carbons (Fsp3) is 0.0233. The van der Waals surface area contributed by atoms with Gasteiger partial charge in [0.2, 0.25) is 0 Å². The van der Waals surface area contributed by atoms with Crippen LogP contribution in [0, 0.1) is 0 Å². The monoisotopic (exact) mass is 889 g/mol. The van der Waals surface area contributed by atoms with E-state index < -0.39 is 20.8 Å². The molecule has 8 aromatic carbocycles. The minimum atomic E-state index is -4.79. The number of hydrogen-bond acceptors (Lipinski definition) is 14. The van der Waals surface area contributed by atoms with Gasteiger partial charge in [0, 0.05) is 45.0 Å². The Kier molecular flexibility index (Phi) is 17.1. The molecule has 0 aliphatic rings. The number of phenolic OH excluding ortho intramolecular Hbond substituents is 4. The summed E-state index contributed by atoms with van der Waals surface area (Å²) in [6.45, 7) is 0. The number of methoxy groups -OCH3 is 1. The molecule has 8 rings (SSSR count). The maximum Gasteiger partial charge on any atom is 1.00 e. The third-order valence-electron chi connectivity index (χ3n) is 8.81. The first-order valence-corrected chi connectivity index (χ1v) is 18.8. The van der Waals surface area contributed by atoms with Crippen molar-refractivity contribution in [3.63, 3.8) is 0 Å². The van der Waals surface area contributed by atoms with Crippen molar-refractivity contribution in [1.29, 1.82) is 0 Å². The molecule has 0 fully saturated rings. The van der Waals surface area contributed by atoms with Gasteiger partial charge in [-0.15, -0.1) is 20.5 Å². The van der Waals surface area contributed by atoms with Crippen molar-refractivity contribution in [3.05, 3.63) is 146 Å². The van der Waals surface area contributed by atoms with Crippen molar-refractivity contribution in [2.45, 2.75) is 4.90 Å². The molecule has 0 aromatic heterocycles. The largest absolute Gasteiger partial charge is 1.00 e. The van der Waals surface area contributed by atoms with E-state index in [0.717, 1.165) is 28.0 Å². The Hall–Kier alpha value is -5.22. The molecule has 0 spiro atoms. The van der Waals surface area contributed by atoms with Gasteiger partial charge in [-0.25, -0.2) is 8.42 Å². The van der Waals surface area contributed by atoms with Crippen LogP contribution in [0.5, 0.6) is 28.7 Å². The zero-order valence-electron chi connectivity index (χ0n) is 32.8. The van der Waals surface area contributed by atoms with Gasteiger partial charge in [-0.1, -0.05) is 84.9 Å². The molecule has 0 amide bonds. The van der Waals surface area contributed by atoms with E-state index in [1.54, 1.807) is 86.0 Å². The van der Waals surface area contributed by atoms with E-state index in [2.05, 4.69) is 30.7 Å². The van der Waals surface area contributed by atoms with Gasteiger partial charge in [0.25, 0.3) is 0 Å². The molecule has 0 aliphatic carbocycles. The van der Waals surface area contributed by atoms with E-state index in [0.29, 0.717) is 22.4 Å². The Labute approximate surface area is 404 Å². The summed E-state index contributed by atoms with van der Waals surface area (Å²) in [6.07, 6.45) is 0. The molecule has 4 N–H and O–H groups in total. The van der Waals surface area contributed by atoms with Gasteiger partial charge in [-0.2, -0.15) is 10.2 Å². The Morgan fingerprint density at radius 3 is 1.46 bits per heavy atom. The molecule has 18 heteroatoms. The number of hydrogen-bond donors (Lipinski definition) is 4. The van der Waals surface area contributed by atoms with Gasteiger partial charge in [0.15, 0.2) is 0 Å². The Balaban J connectivity index is 0.000000257. The molecule has 0 bridgehead atoms. The van der Waals surface area contributed by atoms with Crippen molar-refractivity contribution in [2.24, 2.45) is 30.7 Å². The van der Waals surface area contributed by atoms with E-state index in [9.17, 15) is 33.4 Å². The molecule has 0 unspecified atom stereocenters. The number of azo groups is 3. The third kappa shape index (κ3) is 11.4. The molecule has 0 saturated heterocycles. The number of ether oxygens (including phenoxy) is 1. The maximum absolute atomic E-state index is 11.5. The number of benzene rings is 8. The van der Waals surface area contributed by atoms with Crippen LogP contribution in [0.1, 0.15) is 0 Å². The van der Waals surface area contributed by atoms with Crippen LogP contribution in [0.25, 0.3) is 32.3 Å². The zero-order valence-corrected chi connectivity index (χ0v) is 38.9. The van der Waals surface area contributed by atoms with E-state index in [4.69, 9.17) is 4.74 Å². The number of nitrogens with zero attached hydrogens (tertiary/aromatic N) is 6. The third-order valence-corrected chi connectivity index (χ3v) is 9.68. The number of phenols is 4. The van der Waals surface area contributed by atoms with Crippen molar-refractivity contribution >= 4 is 76.6 Å². The van der Waals surface area contributed by atoms with Crippen LogP contribution in [0.3, 0.4) is 0 Å². The summed E-state index contributed by atoms with van der Waals surface area (Å²) in [5.41, 5.74) is 1.91. The SMILES string of the molecule is COc1ccc(N=Nc2ccc(O)c(N=Nc3c(O)ccc4ccccc34)c2)cc1.O=S(=O)([O-])c1cc(O)c(N=Nc2c(O)ccc3ccccc23)c2ccccc12.[Cr].[Na+].[Na+]. The van der Waals surface area contributed by atoms with Crippen molar-refractivity contribution in [2.75, 3.05) is 7.11 Å². The number of fused-ring (bicyclic) bond motifs is 3. The van der Waals surface area contributed by atoms with Gasteiger partial charge in [-0.05, 0) is 65.4 Å². The second-order valence-corrected chi connectivity index (χ2v) is 13.9. The molecular weight excluding hydrogens is 859 g/mol. The summed E-state index contributed by atoms with van der Waals surface area (Å²) in [6, 6.07) is 40.3. The van der Waals surface area contributed by atoms with Crippen LogP contribution >= 0.6 is 0 Å². The van der Waals surface area contributed by atoms with Gasteiger partial charge < -0.3 is 29.7 Å². The average Bonchev–Trinajstić information content (AvgIpc) is 3.23. The van der Waals surface area contributed by atoms with Gasteiger partial charge in [-0.3, -0.25) is 0 Å². The normalized spacial score (nSPS) is 11.2. The molecule has 0 heterocycles. The summed E-state index contributed by atoms with van der Waals surface area (Å²) < 4.78 is 39.7. The first-order chi connectivity index (χ1) is 28.0. The molecule has 0 aliphatic heterocycles. The van der Waals surface area contributed by atoms with Crippen molar-refractivity contribution in [3.8, 4) is 28.7 Å². The summed E-state index contributed by atoms with van der Waals surface area (Å²) in [4.78, 5) is -0.535. The molecule has 14 nitrogen and oxygen atoms in total. The maximum atomic E-state index is 11.5. The van der Waals surface area contributed by atoms with Crippen molar-refractivity contribution < 1.29 is 115 Å². The minimum Gasteiger partial charge on any atom is -0.744 e. The molecule has 8 aromatic rings. The van der Waals surface area contributed by atoms with E-state index in [-0.39, 0.29) is 122 Å². The molecule has 294 valence electrons. The van der Waals surface area contributed by atoms with E-state index in [1.165, 1.54) is 24.3 Å². The van der Waals surface area contributed by atoms with Crippen LogP contribution < -0.4 is 63.9 Å². The second kappa shape index (κ2) is 21.5. The Morgan fingerprint density at radius 2 is 0.918 bits per heavy atom. The van der Waals surface area contributed by atoms with Crippen LogP contribution in [-0.2, 0) is 27.5 Å². The average molecular weight is 890 g/mol. The standard InChI is InChI=1S/C23H18N4O3.C20H14N2O5S.Cr.2Na/c1-30-18-10-7-16(8-11-18)24-25-17-9-13-21(28)20(14-17)26-27-23-19-5-3-2-4-15(19)6-12-22(23)29;23-16-10-9-12-5-1-2-6-13(12)19(16)21-22-20-15-8-4-3-7-14(15)18(11-17(20)24)28(25,26)27;;;/h2-14,28-29H,1H3;1-11,23-24H,(H,25,26,27);;;/q;;;2*+1/p-1. The Bertz CT molecular complexity index is 3050. The zero-order chi connectivity index (χ0) is 40.8. The van der Waals surface area contributed by atoms with Gasteiger partial charge in [0.05, 0.1) is 23.4 Å². The quantitative estimate of drug-likeness (QED) is 0.0825. The summed E-state index contributed by atoms with van der Waals surface area (Å²) in [5.74, 6) is 0.0914. The summed E-state index contributed by atoms with van der Waals surface area (Å²) in [5, 5.41) is 69.2. The summed E-state index contributed by atoms with van der Waals surface area (Å²) in [7, 11) is -3.20. The van der Waals surface area contributed by atoms with Crippen molar-refractivity contribution in [1.82, 2.24) is 0 Å². The smallest absolute Gasteiger partial charge is 0.744 e. The van der Waals surface area contributed by atoms with Gasteiger partial charge >= 0.3 is 59.1 Å². The van der Waals surface area contributed by atoms with Crippen LogP contribution in [0.2, 0.25) is 0 Å². The second-order valence-electron chi connectivity index (χ2n) is 12.5. The summed E-state index contributed by atoms with van der Waals surface area (Å²) >= 11 is 0. The fourth-order valence-electron chi connectivity index (χ4n) is 5.94. The Morgan fingerprint density at radius 1 is 0.475 bits per heavy atom. The molecule has 0 atom stereocenters. The molecule has 0 saturated carbocycles. The minimum absolute atomic E-state index is 0.